The van der Waals surface area contributed by atoms with Crippen LogP contribution in [0.2, 0.25) is 5.02 Å². The number of rotatable bonds is 3. The van der Waals surface area contributed by atoms with Crippen molar-refractivity contribution in [3.63, 3.8) is 0 Å². The molecule has 0 bridgehead atoms. The number of carbonyl (C=O) groups is 1. The number of halogens is 1. The van der Waals surface area contributed by atoms with E-state index in [1.165, 1.54) is 0 Å². The van der Waals surface area contributed by atoms with Crippen molar-refractivity contribution in [1.29, 1.82) is 0 Å². The molecular formula is C19H22ClN5O2S. The molecule has 2 atom stereocenters. The highest BCUT2D eigenvalue weighted by atomic mass is 35.5. The van der Waals surface area contributed by atoms with Gasteiger partial charge < -0.3 is 19.5 Å². The summed E-state index contributed by atoms with van der Waals surface area (Å²) in [5.74, 6) is 0.920. The zero-order chi connectivity index (χ0) is 19.1. The number of carbonyl (C=O) groups excluding carboxylic acids is 1. The summed E-state index contributed by atoms with van der Waals surface area (Å²) in [6.07, 6.45) is 2.75. The second-order valence-electron chi connectivity index (χ2n) is 7.37. The molecule has 1 aromatic heterocycles. The maximum absolute atomic E-state index is 12.6. The predicted octanol–water partition coefficient (Wildman–Crippen LogP) is 2.34. The molecule has 148 valence electrons. The fourth-order valence-corrected chi connectivity index (χ4v) is 4.96. The SMILES string of the molecule is O=C([C@@H]1C[C@H](N2CCN(c3nc4ccc(Cl)cc4o3)CC2)CN1)N1C=CSC1. The van der Waals surface area contributed by atoms with E-state index in [0.717, 1.165) is 56.1 Å². The maximum Gasteiger partial charge on any atom is 0.298 e. The van der Waals surface area contributed by atoms with Crippen LogP contribution in [0.4, 0.5) is 6.01 Å². The summed E-state index contributed by atoms with van der Waals surface area (Å²) in [4.78, 5) is 23.6. The van der Waals surface area contributed by atoms with Crippen molar-refractivity contribution in [2.45, 2.75) is 18.5 Å². The van der Waals surface area contributed by atoms with Gasteiger partial charge in [0.15, 0.2) is 5.58 Å². The maximum atomic E-state index is 12.6. The van der Waals surface area contributed by atoms with Crippen LogP contribution >= 0.6 is 23.4 Å². The average Bonchev–Trinajstić information content (AvgIpc) is 3.47. The van der Waals surface area contributed by atoms with Crippen LogP contribution in [0.5, 0.6) is 0 Å². The Bertz CT molecular complexity index is 911. The van der Waals surface area contributed by atoms with Gasteiger partial charge in [-0.25, -0.2) is 0 Å². The lowest BCUT2D eigenvalue weighted by atomic mass is 10.1. The van der Waals surface area contributed by atoms with Gasteiger partial charge in [-0.3, -0.25) is 9.69 Å². The first-order valence-corrected chi connectivity index (χ1v) is 11.0. The molecule has 2 fully saturated rings. The lowest BCUT2D eigenvalue weighted by Gasteiger charge is -2.37. The van der Waals surface area contributed by atoms with Gasteiger partial charge in [-0.15, -0.1) is 11.8 Å². The standard InChI is InChI=1S/C19H22ClN5O2S/c20-13-1-2-15-17(9-13)27-19(22-15)24-5-3-23(4-6-24)14-10-16(21-11-14)18(26)25-7-8-28-12-25/h1-2,7-9,14,16,21H,3-6,10-12H2/t14-,16-/m0/s1. The number of thioether (sulfide) groups is 1. The summed E-state index contributed by atoms with van der Waals surface area (Å²) in [5, 5.41) is 6.04. The number of fused-ring (bicyclic) bond motifs is 1. The van der Waals surface area contributed by atoms with Crippen molar-refractivity contribution in [3.8, 4) is 0 Å². The Morgan fingerprint density at radius 2 is 2.14 bits per heavy atom. The first-order valence-electron chi connectivity index (χ1n) is 9.54. The van der Waals surface area contributed by atoms with Crippen molar-refractivity contribution in [1.82, 2.24) is 20.1 Å². The van der Waals surface area contributed by atoms with Gasteiger partial charge in [-0.05, 0) is 24.0 Å². The van der Waals surface area contributed by atoms with Crippen LogP contribution in [-0.2, 0) is 4.79 Å². The van der Waals surface area contributed by atoms with Crippen molar-refractivity contribution in [3.05, 3.63) is 34.8 Å². The number of nitrogens with one attached hydrogen (secondary N) is 1. The molecule has 4 heterocycles. The highest BCUT2D eigenvalue weighted by molar-refractivity contribution is 8.02. The number of benzene rings is 1. The van der Waals surface area contributed by atoms with E-state index >= 15 is 0 Å². The van der Waals surface area contributed by atoms with Crippen molar-refractivity contribution < 1.29 is 9.21 Å². The summed E-state index contributed by atoms with van der Waals surface area (Å²) in [5.41, 5.74) is 1.55. The predicted molar refractivity (Wildman–Crippen MR) is 111 cm³/mol. The molecule has 2 saturated heterocycles. The molecule has 3 aliphatic rings. The van der Waals surface area contributed by atoms with E-state index in [2.05, 4.69) is 20.1 Å². The molecule has 0 aliphatic carbocycles. The Morgan fingerprint density at radius 1 is 1.29 bits per heavy atom. The number of piperazine rings is 1. The van der Waals surface area contributed by atoms with Crippen LogP contribution in [0, 0.1) is 0 Å². The number of amides is 1. The minimum absolute atomic E-state index is 0.0758. The van der Waals surface area contributed by atoms with E-state index in [4.69, 9.17) is 16.0 Å². The number of hydrogen-bond acceptors (Lipinski definition) is 7. The minimum atomic E-state index is -0.0758. The van der Waals surface area contributed by atoms with Gasteiger partial charge in [0, 0.05) is 56.1 Å². The van der Waals surface area contributed by atoms with Gasteiger partial charge in [0.1, 0.15) is 5.52 Å². The van der Waals surface area contributed by atoms with Gasteiger partial charge in [-0.2, -0.15) is 4.98 Å². The molecule has 0 saturated carbocycles. The highest BCUT2D eigenvalue weighted by Crippen LogP contribution is 2.26. The summed E-state index contributed by atoms with van der Waals surface area (Å²) in [6.45, 7) is 4.46. The largest absolute Gasteiger partial charge is 0.423 e. The van der Waals surface area contributed by atoms with Crippen LogP contribution in [0.25, 0.3) is 11.1 Å². The minimum Gasteiger partial charge on any atom is -0.423 e. The first kappa shape index (κ1) is 18.3. The molecule has 1 N–H and O–H groups in total. The molecular weight excluding hydrogens is 398 g/mol. The smallest absolute Gasteiger partial charge is 0.298 e. The quantitative estimate of drug-likeness (QED) is 0.819. The number of hydrogen-bond donors (Lipinski definition) is 1. The fourth-order valence-electron chi connectivity index (χ4n) is 4.10. The van der Waals surface area contributed by atoms with E-state index in [1.807, 2.05) is 28.6 Å². The van der Waals surface area contributed by atoms with E-state index in [0.29, 0.717) is 17.1 Å². The van der Waals surface area contributed by atoms with Crippen LogP contribution in [0.15, 0.2) is 34.2 Å². The van der Waals surface area contributed by atoms with Crippen LogP contribution in [-0.4, -0.2) is 71.4 Å². The Balaban J connectivity index is 1.18. The zero-order valence-electron chi connectivity index (χ0n) is 15.4. The van der Waals surface area contributed by atoms with E-state index in [1.54, 1.807) is 17.8 Å². The fraction of sp³-hybridized carbons (Fsp3) is 0.474. The van der Waals surface area contributed by atoms with Crippen LogP contribution < -0.4 is 10.2 Å². The molecule has 0 unspecified atom stereocenters. The number of oxazole rings is 1. The molecule has 7 nitrogen and oxygen atoms in total. The third kappa shape index (κ3) is 3.50. The number of nitrogens with zero attached hydrogens (tertiary/aromatic N) is 4. The second kappa shape index (κ2) is 7.59. The van der Waals surface area contributed by atoms with Gasteiger partial charge in [0.2, 0.25) is 5.91 Å². The molecule has 1 aromatic carbocycles. The van der Waals surface area contributed by atoms with Crippen LogP contribution in [0.3, 0.4) is 0 Å². The highest BCUT2D eigenvalue weighted by Gasteiger charge is 2.36. The van der Waals surface area contributed by atoms with Gasteiger partial charge in [0.25, 0.3) is 6.01 Å². The second-order valence-corrected chi connectivity index (χ2v) is 8.67. The first-order chi connectivity index (χ1) is 13.7. The zero-order valence-corrected chi connectivity index (χ0v) is 17.0. The topological polar surface area (TPSA) is 64.9 Å². The summed E-state index contributed by atoms with van der Waals surface area (Å²) < 4.78 is 5.90. The van der Waals surface area contributed by atoms with Gasteiger partial charge in [-0.1, -0.05) is 11.6 Å². The van der Waals surface area contributed by atoms with Crippen molar-refractivity contribution >= 4 is 46.4 Å². The Hall–Kier alpha value is -1.74. The molecule has 5 rings (SSSR count). The molecule has 0 radical (unpaired) electrons. The lowest BCUT2D eigenvalue weighted by molar-refractivity contribution is -0.129. The third-order valence-electron chi connectivity index (χ3n) is 5.68. The Kier molecular flexibility index (Phi) is 4.96. The number of aromatic nitrogens is 1. The molecule has 0 spiro atoms. The molecule has 3 aliphatic heterocycles. The normalized spacial score (nSPS) is 25.9. The average molecular weight is 420 g/mol. The summed E-state index contributed by atoms with van der Waals surface area (Å²) in [6, 6.07) is 6.50. The Labute approximate surface area is 172 Å². The molecule has 28 heavy (non-hydrogen) atoms. The van der Waals surface area contributed by atoms with E-state index < -0.39 is 0 Å². The van der Waals surface area contributed by atoms with Gasteiger partial charge in [0.05, 0.1) is 11.9 Å². The summed E-state index contributed by atoms with van der Waals surface area (Å²) in [7, 11) is 0. The summed E-state index contributed by atoms with van der Waals surface area (Å²) >= 11 is 7.69. The third-order valence-corrected chi connectivity index (χ3v) is 6.66. The van der Waals surface area contributed by atoms with E-state index in [9.17, 15) is 4.79 Å². The van der Waals surface area contributed by atoms with Crippen molar-refractivity contribution in [2.75, 3.05) is 43.5 Å². The van der Waals surface area contributed by atoms with Crippen molar-refractivity contribution in [2.24, 2.45) is 0 Å². The van der Waals surface area contributed by atoms with Gasteiger partial charge >= 0.3 is 0 Å². The molecule has 1 amide bonds. The number of anilines is 1. The lowest BCUT2D eigenvalue weighted by Crippen LogP contribution is -2.51. The Morgan fingerprint density at radius 3 is 2.93 bits per heavy atom. The van der Waals surface area contributed by atoms with E-state index in [-0.39, 0.29) is 11.9 Å². The van der Waals surface area contributed by atoms with Crippen LogP contribution in [0.1, 0.15) is 6.42 Å². The monoisotopic (exact) mass is 419 g/mol. The molecule has 9 heteroatoms. The molecule has 2 aromatic rings.